The molecule has 172 valence electrons. The van der Waals surface area contributed by atoms with Gasteiger partial charge in [-0.15, -0.1) is 0 Å². The largest absolute Gasteiger partial charge is 0.489 e. The summed E-state index contributed by atoms with van der Waals surface area (Å²) < 4.78 is 27.8. The summed E-state index contributed by atoms with van der Waals surface area (Å²) in [6, 6.07) is 11.8. The molecule has 5 rings (SSSR count). The molecule has 10 heteroatoms. The second-order valence-electron chi connectivity index (χ2n) is 8.44. The highest BCUT2D eigenvalue weighted by molar-refractivity contribution is 6.42. The molecule has 0 unspecified atom stereocenters. The van der Waals surface area contributed by atoms with E-state index in [1.165, 1.54) is 17.2 Å². The van der Waals surface area contributed by atoms with Crippen LogP contribution in [0, 0.1) is 5.82 Å². The number of benzene rings is 2. The minimum atomic E-state index is -1.63. The van der Waals surface area contributed by atoms with Crippen molar-refractivity contribution in [1.82, 2.24) is 19.7 Å². The average molecular weight is 466 g/mol. The van der Waals surface area contributed by atoms with Gasteiger partial charge in [-0.1, -0.05) is 12.1 Å². The Bertz CT molecular complexity index is 1440. The fourth-order valence-electron chi connectivity index (χ4n) is 4.35. The molecule has 35 heavy (non-hydrogen) atoms. The Morgan fingerprint density at radius 1 is 1.11 bits per heavy atom. The molecule has 0 aliphatic carbocycles. The van der Waals surface area contributed by atoms with Gasteiger partial charge in [0.05, 0.1) is 33.6 Å². The van der Waals surface area contributed by atoms with Crippen LogP contribution in [0.1, 0.15) is 21.6 Å². The Hall–Kier alpha value is -3.65. The number of aryl methyl sites for hydroxylation is 1. The summed E-state index contributed by atoms with van der Waals surface area (Å²) in [5, 5.41) is 3.71. The standard InChI is InChI=1S/C25H21B2FN4O3/c1-31-14-19-17(7-8-21(22(19)30-31)35-11-10-34-2)15-5-6-16(20(28)12-15)13-32-24(33)18-4-3-9-29-23(18)25(32,26)27/h3-9,12,14H,10-11,13H2,1-2H3. The van der Waals surface area contributed by atoms with E-state index in [9.17, 15) is 4.79 Å². The number of rotatable bonds is 7. The van der Waals surface area contributed by atoms with Crippen LogP contribution >= 0.6 is 0 Å². The van der Waals surface area contributed by atoms with E-state index in [1.807, 2.05) is 25.4 Å². The fourth-order valence-corrected chi connectivity index (χ4v) is 4.35. The van der Waals surface area contributed by atoms with E-state index in [4.69, 9.17) is 25.2 Å². The second-order valence-corrected chi connectivity index (χ2v) is 8.44. The predicted octanol–water partition coefficient (Wildman–Crippen LogP) is 2.90. The molecule has 3 heterocycles. The smallest absolute Gasteiger partial charge is 0.255 e. The summed E-state index contributed by atoms with van der Waals surface area (Å²) in [7, 11) is 15.9. The third-order valence-corrected chi connectivity index (χ3v) is 6.10. The maximum Gasteiger partial charge on any atom is 0.255 e. The van der Waals surface area contributed by atoms with E-state index in [-0.39, 0.29) is 23.7 Å². The van der Waals surface area contributed by atoms with Gasteiger partial charge in [-0.25, -0.2) is 4.39 Å². The predicted molar refractivity (Wildman–Crippen MR) is 131 cm³/mol. The van der Waals surface area contributed by atoms with E-state index >= 15 is 4.39 Å². The molecule has 4 aromatic rings. The Kier molecular flexibility index (Phi) is 5.84. The van der Waals surface area contributed by atoms with E-state index in [0.717, 1.165) is 10.9 Å². The van der Waals surface area contributed by atoms with Gasteiger partial charge in [0.15, 0.2) is 0 Å². The number of halogens is 1. The number of aromatic nitrogens is 3. The monoisotopic (exact) mass is 466 g/mol. The van der Waals surface area contributed by atoms with Gasteiger partial charge in [-0.2, -0.15) is 5.10 Å². The fraction of sp³-hybridized carbons (Fsp3) is 0.240. The summed E-state index contributed by atoms with van der Waals surface area (Å²) >= 11 is 0. The maximum atomic E-state index is 15.3. The van der Waals surface area contributed by atoms with Gasteiger partial charge in [0.1, 0.15) is 23.7 Å². The summed E-state index contributed by atoms with van der Waals surface area (Å²) in [6.07, 6.45) is 3.39. The van der Waals surface area contributed by atoms with Crippen LogP contribution in [-0.2, 0) is 23.7 Å². The highest BCUT2D eigenvalue weighted by Crippen LogP contribution is 2.37. The first-order valence-corrected chi connectivity index (χ1v) is 11.0. The number of ether oxygens (including phenoxy) is 2. The van der Waals surface area contributed by atoms with Gasteiger partial charge in [-0.3, -0.25) is 14.5 Å². The van der Waals surface area contributed by atoms with Crippen LogP contribution in [-0.4, -0.2) is 61.6 Å². The Morgan fingerprint density at radius 3 is 2.69 bits per heavy atom. The quantitative estimate of drug-likeness (QED) is 0.310. The topological polar surface area (TPSA) is 69.5 Å². The summed E-state index contributed by atoms with van der Waals surface area (Å²) in [5.74, 6) is -0.239. The van der Waals surface area contributed by atoms with Crippen molar-refractivity contribution >= 4 is 32.5 Å². The van der Waals surface area contributed by atoms with Crippen LogP contribution in [0.2, 0.25) is 0 Å². The van der Waals surface area contributed by atoms with Crippen molar-refractivity contribution in [2.75, 3.05) is 20.3 Å². The molecule has 1 aliphatic rings. The summed E-state index contributed by atoms with van der Waals surface area (Å²) in [6.45, 7) is 0.752. The number of carbonyl (C=O) groups excluding carboxylic acids is 1. The number of amides is 1. The highest BCUT2D eigenvalue weighted by Gasteiger charge is 2.43. The molecular weight excluding hydrogens is 445 g/mol. The molecule has 7 nitrogen and oxygen atoms in total. The molecule has 0 atom stereocenters. The molecule has 0 saturated carbocycles. The number of hydrogen-bond donors (Lipinski definition) is 0. The third kappa shape index (κ3) is 3.97. The second kappa shape index (κ2) is 8.85. The highest BCUT2D eigenvalue weighted by atomic mass is 19.1. The first kappa shape index (κ1) is 23.1. The number of nitrogens with zero attached hydrogens (tertiary/aromatic N) is 4. The lowest BCUT2D eigenvalue weighted by atomic mass is 9.59. The van der Waals surface area contributed by atoms with Crippen LogP contribution in [0.4, 0.5) is 4.39 Å². The average Bonchev–Trinajstić information content (AvgIpc) is 3.32. The Labute approximate surface area is 204 Å². The Morgan fingerprint density at radius 2 is 1.94 bits per heavy atom. The first-order chi connectivity index (χ1) is 16.8. The van der Waals surface area contributed by atoms with Crippen LogP contribution in [0.25, 0.3) is 22.0 Å². The molecule has 2 aromatic carbocycles. The lowest BCUT2D eigenvalue weighted by molar-refractivity contribution is 0.0729. The zero-order valence-electron chi connectivity index (χ0n) is 19.4. The van der Waals surface area contributed by atoms with Gasteiger partial charge in [0.2, 0.25) is 0 Å². The van der Waals surface area contributed by atoms with E-state index in [1.54, 1.807) is 36.1 Å². The van der Waals surface area contributed by atoms with Crippen molar-refractivity contribution in [2.45, 2.75) is 11.9 Å². The zero-order valence-corrected chi connectivity index (χ0v) is 19.4. The number of fused-ring (bicyclic) bond motifs is 2. The van der Waals surface area contributed by atoms with Gasteiger partial charge >= 0.3 is 0 Å². The minimum Gasteiger partial charge on any atom is -0.489 e. The van der Waals surface area contributed by atoms with Gasteiger partial charge < -0.3 is 14.4 Å². The summed E-state index contributed by atoms with van der Waals surface area (Å²) in [4.78, 5) is 18.3. The first-order valence-electron chi connectivity index (χ1n) is 11.0. The van der Waals surface area contributed by atoms with Gasteiger partial charge in [-0.05, 0) is 41.5 Å². The molecule has 0 N–H and O–H groups in total. The lowest BCUT2D eigenvalue weighted by Gasteiger charge is -2.33. The van der Waals surface area contributed by atoms with Crippen molar-refractivity contribution in [2.24, 2.45) is 7.05 Å². The molecule has 0 saturated heterocycles. The van der Waals surface area contributed by atoms with E-state index in [2.05, 4.69) is 10.1 Å². The van der Waals surface area contributed by atoms with Crippen molar-refractivity contribution < 1.29 is 18.7 Å². The Balaban J connectivity index is 1.45. The normalized spacial score (nSPS) is 14.5. The molecular formula is C25H21B2FN4O3. The minimum absolute atomic E-state index is 0.0944. The van der Waals surface area contributed by atoms with Gasteiger partial charge in [0, 0.05) is 49.4 Å². The van der Waals surface area contributed by atoms with E-state index < -0.39 is 11.2 Å². The zero-order chi connectivity index (χ0) is 24.7. The molecule has 0 spiro atoms. The number of carbonyl (C=O) groups is 1. The number of hydrogen-bond acceptors (Lipinski definition) is 5. The van der Waals surface area contributed by atoms with Crippen LogP contribution in [0.5, 0.6) is 5.75 Å². The van der Waals surface area contributed by atoms with Crippen molar-refractivity contribution in [3.63, 3.8) is 0 Å². The van der Waals surface area contributed by atoms with Crippen molar-refractivity contribution in [3.8, 4) is 16.9 Å². The molecule has 0 bridgehead atoms. The molecule has 1 amide bonds. The number of methoxy groups -OCH3 is 1. The van der Waals surface area contributed by atoms with Gasteiger partial charge in [0.25, 0.3) is 5.91 Å². The number of pyridine rings is 1. The lowest BCUT2D eigenvalue weighted by Crippen LogP contribution is -2.44. The van der Waals surface area contributed by atoms with Crippen LogP contribution in [0.3, 0.4) is 0 Å². The van der Waals surface area contributed by atoms with Crippen LogP contribution < -0.4 is 4.74 Å². The maximum absolute atomic E-state index is 15.3. The van der Waals surface area contributed by atoms with Crippen molar-refractivity contribution in [1.29, 1.82) is 0 Å². The van der Waals surface area contributed by atoms with Crippen molar-refractivity contribution in [3.05, 3.63) is 77.5 Å². The molecule has 4 radical (unpaired) electrons. The van der Waals surface area contributed by atoms with Crippen LogP contribution in [0.15, 0.2) is 54.9 Å². The molecule has 0 fully saturated rings. The SMILES string of the molecule is [B]C1([B])c2ncccc2C(=O)N1Cc1ccc(-c2ccc(OCCOC)c3nn(C)cc23)cc1F. The third-order valence-electron chi connectivity index (χ3n) is 6.10. The molecule has 1 aliphatic heterocycles. The molecule has 2 aromatic heterocycles. The van der Waals surface area contributed by atoms with E-state index in [0.29, 0.717) is 35.6 Å². The summed E-state index contributed by atoms with van der Waals surface area (Å²) in [5.41, 5.74) is 3.03.